The summed E-state index contributed by atoms with van der Waals surface area (Å²) in [5.74, 6) is 0.109. The summed E-state index contributed by atoms with van der Waals surface area (Å²) >= 11 is 0. The minimum atomic E-state index is 0.109. The fourth-order valence-electron chi connectivity index (χ4n) is 1.62. The number of para-hydroxylation sites is 2. The number of aromatic nitrogens is 2. The van der Waals surface area contributed by atoms with Gasteiger partial charge in [0.25, 0.3) is 0 Å². The lowest BCUT2D eigenvalue weighted by Crippen LogP contribution is -2.05. The van der Waals surface area contributed by atoms with Crippen molar-refractivity contribution in [2.75, 3.05) is 0 Å². The van der Waals surface area contributed by atoms with E-state index in [0.717, 1.165) is 11.0 Å². The molecule has 0 unspecified atom stereocenters. The van der Waals surface area contributed by atoms with Gasteiger partial charge in [0, 0.05) is 13.0 Å². The molecule has 0 radical (unpaired) electrons. The second kappa shape index (κ2) is 4.31. The van der Waals surface area contributed by atoms with Gasteiger partial charge in [-0.1, -0.05) is 18.7 Å². The lowest BCUT2D eigenvalue weighted by Gasteiger charge is -2.03. The highest BCUT2D eigenvalue weighted by Gasteiger charge is 2.05. The number of hydrogen-bond acceptors (Lipinski definition) is 2. The molecule has 2 aromatic rings. The van der Waals surface area contributed by atoms with E-state index in [0.29, 0.717) is 18.5 Å². The Morgan fingerprint density at radius 2 is 2.19 bits per heavy atom. The van der Waals surface area contributed by atoms with Crippen LogP contribution in [0.5, 0.6) is 0 Å². The fourth-order valence-corrected chi connectivity index (χ4v) is 1.62. The molecule has 0 aliphatic carbocycles. The number of fused-ring (bicyclic) bond motifs is 1. The van der Waals surface area contributed by atoms with E-state index in [1.807, 2.05) is 28.8 Å². The Balaban J connectivity index is 2.16. The van der Waals surface area contributed by atoms with E-state index in [9.17, 15) is 4.79 Å². The van der Waals surface area contributed by atoms with Crippen molar-refractivity contribution in [1.82, 2.24) is 9.55 Å². The van der Waals surface area contributed by atoms with Gasteiger partial charge in [0.2, 0.25) is 0 Å². The molecule has 1 aromatic heterocycles. The number of carbonyl (C=O) groups is 1. The van der Waals surface area contributed by atoms with Gasteiger partial charge in [-0.15, -0.1) is 0 Å². The van der Waals surface area contributed by atoms with Gasteiger partial charge in [0.1, 0.15) is 0 Å². The van der Waals surface area contributed by atoms with Crippen LogP contribution in [-0.2, 0) is 11.3 Å². The summed E-state index contributed by atoms with van der Waals surface area (Å²) in [6.45, 7) is 6.05. The Morgan fingerprint density at radius 3 is 2.94 bits per heavy atom. The van der Waals surface area contributed by atoms with Crippen LogP contribution in [0.3, 0.4) is 0 Å². The molecule has 0 aliphatic rings. The molecular formula is C13H14N2O. The summed E-state index contributed by atoms with van der Waals surface area (Å²) in [6, 6.07) is 7.90. The Hall–Kier alpha value is -1.90. The normalized spacial score (nSPS) is 10.6. The maximum Gasteiger partial charge on any atom is 0.159 e. The highest BCUT2D eigenvalue weighted by atomic mass is 16.1. The van der Waals surface area contributed by atoms with Crippen molar-refractivity contribution in [2.45, 2.75) is 19.9 Å². The molecule has 1 heterocycles. The lowest BCUT2D eigenvalue weighted by molar-refractivity contribution is -0.115. The molecule has 2 rings (SSSR count). The molecule has 1 aromatic carbocycles. The Morgan fingerprint density at radius 1 is 1.44 bits per heavy atom. The standard InChI is InChI=1S/C13H14N2O/c1-10(2)13(16)7-8-15-9-14-11-5-3-4-6-12(11)15/h3-6,9H,1,7-8H2,2H3. The van der Waals surface area contributed by atoms with Gasteiger partial charge < -0.3 is 4.57 Å². The fraction of sp³-hybridized carbons (Fsp3) is 0.231. The SMILES string of the molecule is C=C(C)C(=O)CCn1cnc2ccccc21. The summed E-state index contributed by atoms with van der Waals surface area (Å²) in [7, 11) is 0. The van der Waals surface area contributed by atoms with E-state index >= 15 is 0 Å². The zero-order valence-corrected chi connectivity index (χ0v) is 9.31. The molecule has 16 heavy (non-hydrogen) atoms. The minimum Gasteiger partial charge on any atom is -0.330 e. The highest BCUT2D eigenvalue weighted by Crippen LogP contribution is 2.12. The van der Waals surface area contributed by atoms with Crippen molar-refractivity contribution < 1.29 is 4.79 Å². The average molecular weight is 214 g/mol. The summed E-state index contributed by atoms with van der Waals surface area (Å²) in [5.41, 5.74) is 2.65. The number of hydrogen-bond donors (Lipinski definition) is 0. The monoisotopic (exact) mass is 214 g/mol. The first-order valence-corrected chi connectivity index (χ1v) is 5.27. The molecule has 0 fully saturated rings. The first kappa shape index (κ1) is 10.6. The molecule has 0 N–H and O–H groups in total. The molecule has 0 aliphatic heterocycles. The topological polar surface area (TPSA) is 34.9 Å². The molecule has 0 amide bonds. The van der Waals surface area contributed by atoms with E-state index in [1.165, 1.54) is 0 Å². The van der Waals surface area contributed by atoms with Crippen molar-refractivity contribution in [3.8, 4) is 0 Å². The molecular weight excluding hydrogens is 200 g/mol. The zero-order valence-electron chi connectivity index (χ0n) is 9.31. The number of Topliss-reactive ketones (excluding diaryl/α,β-unsaturated/α-hetero) is 1. The van der Waals surface area contributed by atoms with Gasteiger partial charge in [0.15, 0.2) is 5.78 Å². The van der Waals surface area contributed by atoms with Gasteiger partial charge in [-0.3, -0.25) is 4.79 Å². The molecule has 0 spiro atoms. The molecule has 3 heteroatoms. The summed E-state index contributed by atoms with van der Waals surface area (Å²) in [4.78, 5) is 15.7. The molecule has 0 saturated carbocycles. The van der Waals surface area contributed by atoms with Crippen LogP contribution in [0.1, 0.15) is 13.3 Å². The number of benzene rings is 1. The Bertz CT molecular complexity index is 540. The van der Waals surface area contributed by atoms with Crippen LogP contribution < -0.4 is 0 Å². The van der Waals surface area contributed by atoms with Gasteiger partial charge in [-0.05, 0) is 24.6 Å². The predicted octanol–water partition coefficient (Wildman–Crippen LogP) is 2.57. The highest BCUT2D eigenvalue weighted by molar-refractivity contribution is 5.94. The van der Waals surface area contributed by atoms with Crippen molar-refractivity contribution in [3.63, 3.8) is 0 Å². The van der Waals surface area contributed by atoms with Crippen LogP contribution in [0.15, 0.2) is 42.7 Å². The maximum absolute atomic E-state index is 11.4. The number of allylic oxidation sites excluding steroid dienone is 1. The van der Waals surface area contributed by atoms with Crippen LogP contribution in [0.2, 0.25) is 0 Å². The molecule has 0 bridgehead atoms. The summed E-state index contributed by atoms with van der Waals surface area (Å²) in [6.07, 6.45) is 2.26. The average Bonchev–Trinajstić information content (AvgIpc) is 2.69. The first-order chi connectivity index (χ1) is 7.68. The van der Waals surface area contributed by atoms with E-state index < -0.39 is 0 Å². The zero-order chi connectivity index (χ0) is 11.5. The van der Waals surface area contributed by atoms with Crippen molar-refractivity contribution in [1.29, 1.82) is 0 Å². The predicted molar refractivity (Wildman–Crippen MR) is 64.2 cm³/mol. The lowest BCUT2D eigenvalue weighted by atomic mass is 10.1. The van der Waals surface area contributed by atoms with Gasteiger partial charge in [-0.25, -0.2) is 4.98 Å². The van der Waals surface area contributed by atoms with E-state index in [-0.39, 0.29) is 5.78 Å². The number of rotatable bonds is 4. The van der Waals surface area contributed by atoms with Gasteiger partial charge in [-0.2, -0.15) is 0 Å². The quantitative estimate of drug-likeness (QED) is 0.733. The smallest absolute Gasteiger partial charge is 0.159 e. The van der Waals surface area contributed by atoms with Crippen molar-refractivity contribution in [3.05, 3.63) is 42.7 Å². The third-order valence-corrected chi connectivity index (χ3v) is 2.58. The minimum absolute atomic E-state index is 0.109. The van der Waals surface area contributed by atoms with Crippen LogP contribution in [-0.4, -0.2) is 15.3 Å². The van der Waals surface area contributed by atoms with Crippen LogP contribution in [0.25, 0.3) is 11.0 Å². The van der Waals surface area contributed by atoms with Crippen molar-refractivity contribution >= 4 is 16.8 Å². The molecule has 0 saturated heterocycles. The van der Waals surface area contributed by atoms with Crippen molar-refractivity contribution in [2.24, 2.45) is 0 Å². The van der Waals surface area contributed by atoms with E-state index in [2.05, 4.69) is 11.6 Å². The Labute approximate surface area is 94.4 Å². The summed E-state index contributed by atoms with van der Waals surface area (Å²) < 4.78 is 2.00. The van der Waals surface area contributed by atoms with Crippen LogP contribution in [0.4, 0.5) is 0 Å². The van der Waals surface area contributed by atoms with Crippen LogP contribution in [0, 0.1) is 0 Å². The first-order valence-electron chi connectivity index (χ1n) is 5.27. The number of nitrogens with zero attached hydrogens (tertiary/aromatic N) is 2. The third kappa shape index (κ3) is 2.03. The van der Waals surface area contributed by atoms with Gasteiger partial charge in [0.05, 0.1) is 17.4 Å². The number of carbonyl (C=O) groups excluding carboxylic acids is 1. The molecule has 3 nitrogen and oxygen atoms in total. The summed E-state index contributed by atoms with van der Waals surface area (Å²) in [5, 5.41) is 0. The van der Waals surface area contributed by atoms with Crippen LogP contribution >= 0.6 is 0 Å². The second-order valence-corrected chi connectivity index (χ2v) is 3.88. The number of ketones is 1. The third-order valence-electron chi connectivity index (χ3n) is 2.58. The Kier molecular flexibility index (Phi) is 2.86. The van der Waals surface area contributed by atoms with Gasteiger partial charge >= 0.3 is 0 Å². The number of imidazole rings is 1. The number of aryl methyl sites for hydroxylation is 1. The largest absolute Gasteiger partial charge is 0.330 e. The van der Waals surface area contributed by atoms with E-state index in [1.54, 1.807) is 13.3 Å². The maximum atomic E-state index is 11.4. The second-order valence-electron chi connectivity index (χ2n) is 3.88. The molecule has 0 atom stereocenters. The molecule has 82 valence electrons. The van der Waals surface area contributed by atoms with E-state index in [4.69, 9.17) is 0 Å².